The molecule has 0 bridgehead atoms. The van der Waals surface area contributed by atoms with Gasteiger partial charge in [0.1, 0.15) is 5.56 Å². The molecule has 2 aromatic carbocycles. The molecule has 3 aromatic rings. The number of nitrogens with zero attached hydrogens (tertiary/aromatic N) is 6. The molecule has 3 aliphatic heterocycles. The van der Waals surface area contributed by atoms with Crippen LogP contribution in [0.1, 0.15) is 40.9 Å². The lowest BCUT2D eigenvalue weighted by Crippen LogP contribution is -2.51. The third-order valence-electron chi connectivity index (χ3n) is 7.09. The third-order valence-corrected chi connectivity index (χ3v) is 7.70. The van der Waals surface area contributed by atoms with Crippen molar-refractivity contribution in [1.82, 2.24) is 14.9 Å². The molecular formula is C27H27Cl2N7O. The standard InChI is InChI=1S/C27H27Cl2N7O/c1-15-10-17(11-16-13-34(4)14-27(2,3)21(15)16)32-25-31-12-18-23(33-25)35-9-8-30-26(35)36(24(18)37)22-19(28)6-5-7-20(22)29/h5-7,10-12H,8-9,13-14H2,1-4H3,(H,31,32,33). The van der Waals surface area contributed by atoms with Crippen LogP contribution in [0.4, 0.5) is 23.1 Å². The predicted molar refractivity (Wildman–Crippen MR) is 149 cm³/mol. The summed E-state index contributed by atoms with van der Waals surface area (Å²) >= 11 is 12.9. The number of guanidine groups is 1. The average Bonchev–Trinajstić information content (AvgIpc) is 3.29. The van der Waals surface area contributed by atoms with Crippen LogP contribution < -0.4 is 15.1 Å². The SMILES string of the molecule is Cc1cc(Nc2ncc3c(n2)N2CCN=C2N(c2c(Cl)cccc2Cl)C3=O)cc2c1C(C)(C)CN(C)C2. The average molecular weight is 536 g/mol. The van der Waals surface area contributed by atoms with Gasteiger partial charge in [0.05, 0.1) is 22.3 Å². The highest BCUT2D eigenvalue weighted by Crippen LogP contribution is 2.40. The topological polar surface area (TPSA) is 77.0 Å². The Hall–Kier alpha value is -3.20. The Bertz CT molecular complexity index is 1470. The van der Waals surface area contributed by atoms with Crippen LogP contribution in [0.25, 0.3) is 0 Å². The maximum Gasteiger partial charge on any atom is 0.270 e. The van der Waals surface area contributed by atoms with Crippen molar-refractivity contribution >= 4 is 58.2 Å². The van der Waals surface area contributed by atoms with Crippen molar-refractivity contribution in [3.05, 3.63) is 68.8 Å². The van der Waals surface area contributed by atoms with Crippen LogP contribution in [-0.2, 0) is 12.0 Å². The summed E-state index contributed by atoms with van der Waals surface area (Å²) in [4.78, 5) is 33.2. The van der Waals surface area contributed by atoms with E-state index in [2.05, 4.69) is 60.1 Å². The van der Waals surface area contributed by atoms with E-state index in [0.29, 0.717) is 52.1 Å². The molecule has 0 unspecified atom stereocenters. The molecule has 6 rings (SSSR count). The molecule has 0 atom stereocenters. The number of likely N-dealkylation sites (N-methyl/N-ethyl adjacent to an activating group) is 1. The van der Waals surface area contributed by atoms with Gasteiger partial charge in [0.2, 0.25) is 11.9 Å². The molecule has 190 valence electrons. The number of aliphatic imine (C=N–C) groups is 1. The Balaban J connectivity index is 1.37. The van der Waals surface area contributed by atoms with Crippen molar-refractivity contribution in [3.63, 3.8) is 0 Å². The van der Waals surface area contributed by atoms with Crippen LogP contribution in [0.3, 0.4) is 0 Å². The summed E-state index contributed by atoms with van der Waals surface area (Å²) in [5.74, 6) is 1.09. The van der Waals surface area contributed by atoms with E-state index in [9.17, 15) is 4.79 Å². The van der Waals surface area contributed by atoms with E-state index in [1.807, 2.05) is 4.90 Å². The largest absolute Gasteiger partial charge is 0.324 e. The smallest absolute Gasteiger partial charge is 0.270 e. The Morgan fingerprint density at radius 2 is 1.89 bits per heavy atom. The molecule has 4 heterocycles. The number of para-hydroxylation sites is 1. The molecule has 37 heavy (non-hydrogen) atoms. The quantitative estimate of drug-likeness (QED) is 0.484. The van der Waals surface area contributed by atoms with Gasteiger partial charge in [-0.05, 0) is 54.9 Å². The number of benzene rings is 2. The van der Waals surface area contributed by atoms with E-state index in [0.717, 1.165) is 18.8 Å². The highest BCUT2D eigenvalue weighted by atomic mass is 35.5. The van der Waals surface area contributed by atoms with Gasteiger partial charge in [-0.1, -0.05) is 43.1 Å². The number of aryl methyl sites for hydroxylation is 1. The summed E-state index contributed by atoms with van der Waals surface area (Å²) in [6.07, 6.45) is 1.56. The summed E-state index contributed by atoms with van der Waals surface area (Å²) in [6, 6.07) is 9.47. The highest BCUT2D eigenvalue weighted by molar-refractivity contribution is 6.43. The number of anilines is 4. The van der Waals surface area contributed by atoms with E-state index in [-0.39, 0.29) is 11.3 Å². The van der Waals surface area contributed by atoms with E-state index in [4.69, 9.17) is 28.2 Å². The number of carbonyl (C=O) groups excluding carboxylic acids is 1. The minimum atomic E-state index is -0.316. The zero-order chi connectivity index (χ0) is 26.1. The van der Waals surface area contributed by atoms with Gasteiger partial charge in [-0.15, -0.1) is 0 Å². The molecule has 0 spiro atoms. The summed E-state index contributed by atoms with van der Waals surface area (Å²) in [5, 5.41) is 4.11. The van der Waals surface area contributed by atoms with Crippen LogP contribution >= 0.6 is 23.2 Å². The van der Waals surface area contributed by atoms with E-state index in [1.165, 1.54) is 21.6 Å². The number of carbonyl (C=O) groups is 1. The van der Waals surface area contributed by atoms with Gasteiger partial charge in [0.25, 0.3) is 5.91 Å². The molecule has 10 heteroatoms. The Morgan fingerprint density at radius 1 is 1.14 bits per heavy atom. The lowest BCUT2D eigenvalue weighted by atomic mass is 9.76. The molecule has 8 nitrogen and oxygen atoms in total. The maximum atomic E-state index is 13.6. The fraction of sp³-hybridized carbons (Fsp3) is 0.333. The second kappa shape index (κ2) is 8.68. The van der Waals surface area contributed by atoms with Crippen molar-refractivity contribution in [2.24, 2.45) is 4.99 Å². The first-order valence-corrected chi connectivity index (χ1v) is 13.0. The van der Waals surface area contributed by atoms with Gasteiger partial charge in [-0.25, -0.2) is 9.88 Å². The fourth-order valence-corrected chi connectivity index (χ4v) is 6.55. The van der Waals surface area contributed by atoms with E-state index in [1.54, 1.807) is 24.4 Å². The second-order valence-electron chi connectivity index (χ2n) is 10.5. The Morgan fingerprint density at radius 3 is 2.65 bits per heavy atom. The fourth-order valence-electron chi connectivity index (χ4n) is 5.99. The molecule has 1 N–H and O–H groups in total. The normalized spacial score (nSPS) is 18.3. The number of aromatic nitrogens is 2. The lowest BCUT2D eigenvalue weighted by molar-refractivity contribution is 0.1000. The highest BCUT2D eigenvalue weighted by Gasteiger charge is 2.41. The molecular weight excluding hydrogens is 509 g/mol. The van der Waals surface area contributed by atoms with Gasteiger partial charge in [-0.2, -0.15) is 4.98 Å². The van der Waals surface area contributed by atoms with Crippen LogP contribution in [-0.4, -0.2) is 53.4 Å². The zero-order valence-corrected chi connectivity index (χ0v) is 22.7. The number of fused-ring (bicyclic) bond motifs is 4. The lowest BCUT2D eigenvalue weighted by Gasteiger charge is -2.39. The summed E-state index contributed by atoms with van der Waals surface area (Å²) in [6.45, 7) is 9.77. The first kappa shape index (κ1) is 24.2. The van der Waals surface area contributed by atoms with Crippen LogP contribution in [0.15, 0.2) is 41.5 Å². The van der Waals surface area contributed by atoms with Crippen molar-refractivity contribution < 1.29 is 4.79 Å². The Labute approximate surface area is 225 Å². The molecule has 0 saturated heterocycles. The third kappa shape index (κ3) is 3.95. The maximum absolute atomic E-state index is 13.6. The molecule has 0 fully saturated rings. The van der Waals surface area contributed by atoms with Gasteiger partial charge < -0.3 is 10.2 Å². The minimum Gasteiger partial charge on any atom is -0.324 e. The molecule has 0 radical (unpaired) electrons. The van der Waals surface area contributed by atoms with Gasteiger partial charge >= 0.3 is 0 Å². The summed E-state index contributed by atoms with van der Waals surface area (Å²) in [7, 11) is 2.15. The first-order valence-electron chi connectivity index (χ1n) is 12.2. The number of nitrogens with one attached hydrogen (secondary N) is 1. The summed E-state index contributed by atoms with van der Waals surface area (Å²) in [5.41, 5.74) is 5.73. The minimum absolute atomic E-state index is 0.0789. The number of amides is 1. The van der Waals surface area contributed by atoms with Crippen LogP contribution in [0.2, 0.25) is 10.0 Å². The van der Waals surface area contributed by atoms with E-state index >= 15 is 0 Å². The van der Waals surface area contributed by atoms with Crippen molar-refractivity contribution in [2.75, 3.05) is 41.8 Å². The van der Waals surface area contributed by atoms with Gasteiger partial charge in [0, 0.05) is 36.9 Å². The molecule has 3 aliphatic rings. The zero-order valence-electron chi connectivity index (χ0n) is 21.1. The van der Waals surface area contributed by atoms with Gasteiger partial charge in [0.15, 0.2) is 5.82 Å². The first-order chi connectivity index (χ1) is 17.6. The summed E-state index contributed by atoms with van der Waals surface area (Å²) < 4.78 is 0. The van der Waals surface area contributed by atoms with Crippen molar-refractivity contribution in [2.45, 2.75) is 32.7 Å². The molecule has 0 aliphatic carbocycles. The number of rotatable bonds is 3. The van der Waals surface area contributed by atoms with Gasteiger partial charge in [-0.3, -0.25) is 14.7 Å². The second-order valence-corrected chi connectivity index (χ2v) is 11.3. The molecule has 0 saturated carbocycles. The number of halogens is 2. The monoisotopic (exact) mass is 535 g/mol. The van der Waals surface area contributed by atoms with Crippen molar-refractivity contribution in [3.8, 4) is 0 Å². The van der Waals surface area contributed by atoms with E-state index < -0.39 is 0 Å². The molecule has 1 amide bonds. The van der Waals surface area contributed by atoms with Crippen LogP contribution in [0.5, 0.6) is 0 Å². The van der Waals surface area contributed by atoms with Crippen LogP contribution in [0, 0.1) is 6.92 Å². The number of hydrogen-bond donors (Lipinski definition) is 1. The van der Waals surface area contributed by atoms with Crippen molar-refractivity contribution in [1.29, 1.82) is 0 Å². The Kier molecular flexibility index (Phi) is 5.67. The predicted octanol–water partition coefficient (Wildman–Crippen LogP) is 5.39. The molecule has 1 aromatic heterocycles. The number of hydrogen-bond acceptors (Lipinski definition) is 7.